The van der Waals surface area contributed by atoms with Gasteiger partial charge in [0.1, 0.15) is 0 Å². The maximum atomic E-state index is 13.4. The molecular weight excluding hydrogens is 386 g/mol. The summed E-state index contributed by atoms with van der Waals surface area (Å²) in [6, 6.07) is 17.5. The van der Waals surface area contributed by atoms with Crippen LogP contribution in [0.1, 0.15) is 30.0 Å². The van der Waals surface area contributed by atoms with Gasteiger partial charge in [-0.15, -0.1) is 0 Å². The first kappa shape index (κ1) is 19.9. The molecule has 4 rings (SSSR count). The number of benzene rings is 2. The maximum absolute atomic E-state index is 13.4. The van der Waals surface area contributed by atoms with Crippen molar-refractivity contribution >= 4 is 23.8 Å². The molecule has 1 amide bonds. The molecule has 1 aliphatic heterocycles. The van der Waals surface area contributed by atoms with Crippen LogP contribution in [0.15, 0.2) is 59.6 Å². The number of aliphatic hydroxyl groups excluding tert-OH is 1. The number of rotatable bonds is 8. The van der Waals surface area contributed by atoms with E-state index in [1.165, 1.54) is 12.8 Å². The molecule has 1 fully saturated rings. The minimum atomic E-state index is -1.00. The molecule has 152 valence electrons. The van der Waals surface area contributed by atoms with Gasteiger partial charge in [-0.3, -0.25) is 9.79 Å². The van der Waals surface area contributed by atoms with E-state index in [-0.39, 0.29) is 25.1 Å². The maximum Gasteiger partial charge on any atom is 0.250 e. The third-order valence-corrected chi connectivity index (χ3v) is 5.93. The molecule has 0 saturated heterocycles. The van der Waals surface area contributed by atoms with Gasteiger partial charge in [-0.1, -0.05) is 54.1 Å². The highest BCUT2D eigenvalue weighted by Crippen LogP contribution is 2.43. The van der Waals surface area contributed by atoms with E-state index in [9.17, 15) is 9.90 Å². The number of nitrogens with one attached hydrogen (secondary N) is 1. The molecule has 0 unspecified atom stereocenters. The van der Waals surface area contributed by atoms with Crippen molar-refractivity contribution in [2.45, 2.75) is 30.8 Å². The quantitative estimate of drug-likeness (QED) is 0.701. The largest absolute Gasteiger partial charge is 0.395 e. The number of hydrogen-bond acceptors (Lipinski definition) is 4. The zero-order valence-corrected chi connectivity index (χ0v) is 17.1. The number of carbonyl (C=O) groups is 1. The number of amides is 1. The summed E-state index contributed by atoms with van der Waals surface area (Å²) in [4.78, 5) is 20.5. The van der Waals surface area contributed by atoms with Gasteiger partial charge in [0.2, 0.25) is 0 Å². The predicted molar refractivity (Wildman–Crippen MR) is 115 cm³/mol. The average Bonchev–Trinajstić information content (AvgIpc) is 3.49. The number of hydrogen-bond donors (Lipinski definition) is 2. The summed E-state index contributed by atoms with van der Waals surface area (Å²) >= 11 is 6.13. The van der Waals surface area contributed by atoms with Crippen LogP contribution in [0.3, 0.4) is 0 Å². The Morgan fingerprint density at radius 3 is 2.55 bits per heavy atom. The minimum absolute atomic E-state index is 0.103. The topological polar surface area (TPSA) is 64.9 Å². The standard InChI is InChI=1S/C23H26ClN3O2/c24-20-10-8-19(9-11-20)21-23(22(29)25-12-13-28,14-17-4-2-1-3-5-17)26-16-27(21)15-18-6-7-18/h1-5,8-11,16,18,21,28H,6-7,12-15H2,(H,25,29)/t21-,23+/m0/s1. The number of carbonyl (C=O) groups excluding carboxylic acids is 1. The van der Waals surface area contributed by atoms with Crippen molar-refractivity contribution in [3.63, 3.8) is 0 Å². The van der Waals surface area contributed by atoms with Crippen LogP contribution in [0.2, 0.25) is 5.02 Å². The van der Waals surface area contributed by atoms with E-state index in [4.69, 9.17) is 16.6 Å². The van der Waals surface area contributed by atoms with Crippen molar-refractivity contribution in [1.82, 2.24) is 10.2 Å². The zero-order chi connectivity index (χ0) is 20.3. The van der Waals surface area contributed by atoms with E-state index in [2.05, 4.69) is 10.2 Å². The Morgan fingerprint density at radius 1 is 1.17 bits per heavy atom. The van der Waals surface area contributed by atoms with E-state index < -0.39 is 5.54 Å². The van der Waals surface area contributed by atoms with Crippen LogP contribution >= 0.6 is 11.6 Å². The second kappa shape index (κ2) is 8.56. The molecule has 5 nitrogen and oxygen atoms in total. The first-order valence-corrected chi connectivity index (χ1v) is 10.5. The van der Waals surface area contributed by atoms with E-state index in [1.54, 1.807) is 0 Å². The SMILES string of the molecule is O=C(NCCO)[C@]1(Cc2ccccc2)N=CN(CC2CC2)[C@H]1c1ccc(Cl)cc1. The highest BCUT2D eigenvalue weighted by Gasteiger charge is 2.52. The zero-order valence-electron chi connectivity index (χ0n) is 16.3. The fraction of sp³-hybridized carbons (Fsp3) is 0.391. The average molecular weight is 412 g/mol. The lowest BCUT2D eigenvalue weighted by atomic mass is 9.80. The Morgan fingerprint density at radius 2 is 1.90 bits per heavy atom. The van der Waals surface area contributed by atoms with Crippen molar-refractivity contribution in [1.29, 1.82) is 0 Å². The van der Waals surface area contributed by atoms with Gasteiger partial charge in [0.05, 0.1) is 19.0 Å². The summed E-state index contributed by atoms with van der Waals surface area (Å²) in [5.41, 5.74) is 1.07. The van der Waals surface area contributed by atoms with Crippen molar-refractivity contribution in [3.05, 3.63) is 70.7 Å². The molecule has 6 heteroatoms. The Labute approximate surface area is 176 Å². The Hall–Kier alpha value is -2.37. The Kier molecular flexibility index (Phi) is 5.88. The lowest BCUT2D eigenvalue weighted by Gasteiger charge is -2.37. The molecule has 29 heavy (non-hydrogen) atoms. The van der Waals surface area contributed by atoms with Crippen molar-refractivity contribution in [2.24, 2.45) is 10.9 Å². The predicted octanol–water partition coefficient (Wildman–Crippen LogP) is 3.23. The van der Waals surface area contributed by atoms with Gasteiger partial charge in [-0.25, -0.2) is 0 Å². The number of nitrogens with zero attached hydrogens (tertiary/aromatic N) is 2. The van der Waals surface area contributed by atoms with Crippen LogP contribution in [0, 0.1) is 5.92 Å². The van der Waals surface area contributed by atoms with Crippen LogP contribution in [0.4, 0.5) is 0 Å². The molecule has 2 aliphatic rings. The van der Waals surface area contributed by atoms with Crippen LogP contribution in [-0.4, -0.2) is 47.5 Å². The summed E-state index contributed by atoms with van der Waals surface area (Å²) < 4.78 is 0. The van der Waals surface area contributed by atoms with Crippen LogP contribution in [-0.2, 0) is 11.2 Å². The van der Waals surface area contributed by atoms with E-state index in [1.807, 2.05) is 60.9 Å². The second-order valence-corrected chi connectivity index (χ2v) is 8.34. The fourth-order valence-corrected chi connectivity index (χ4v) is 4.21. The van der Waals surface area contributed by atoms with Gasteiger partial charge in [-0.2, -0.15) is 0 Å². The molecule has 0 aromatic heterocycles. The van der Waals surface area contributed by atoms with Crippen LogP contribution < -0.4 is 5.32 Å². The smallest absolute Gasteiger partial charge is 0.250 e. The molecule has 0 radical (unpaired) electrons. The summed E-state index contributed by atoms with van der Waals surface area (Å²) in [7, 11) is 0. The molecule has 1 aliphatic carbocycles. The Bertz CT molecular complexity index is 867. The summed E-state index contributed by atoms with van der Waals surface area (Å²) in [6.45, 7) is 0.996. The van der Waals surface area contributed by atoms with Gasteiger partial charge in [0, 0.05) is 24.5 Å². The summed E-state index contributed by atoms with van der Waals surface area (Å²) in [5, 5.41) is 12.8. The number of halogens is 1. The first-order chi connectivity index (χ1) is 14.1. The fourth-order valence-electron chi connectivity index (χ4n) is 4.09. The molecule has 2 aromatic carbocycles. The van der Waals surface area contributed by atoms with Gasteiger partial charge in [0.25, 0.3) is 5.91 Å². The molecule has 0 bridgehead atoms. The monoisotopic (exact) mass is 411 g/mol. The van der Waals surface area contributed by atoms with Crippen molar-refractivity contribution in [3.8, 4) is 0 Å². The lowest BCUT2D eigenvalue weighted by Crippen LogP contribution is -2.53. The van der Waals surface area contributed by atoms with E-state index in [0.717, 1.165) is 17.7 Å². The minimum Gasteiger partial charge on any atom is -0.395 e. The van der Waals surface area contributed by atoms with Gasteiger partial charge in [0.15, 0.2) is 5.54 Å². The molecule has 2 atom stereocenters. The highest BCUT2D eigenvalue weighted by atomic mass is 35.5. The molecule has 1 saturated carbocycles. The third kappa shape index (κ3) is 4.31. The molecule has 0 spiro atoms. The van der Waals surface area contributed by atoms with Crippen molar-refractivity contribution < 1.29 is 9.90 Å². The van der Waals surface area contributed by atoms with Crippen LogP contribution in [0.25, 0.3) is 0 Å². The highest BCUT2D eigenvalue weighted by molar-refractivity contribution is 6.30. The normalized spacial score (nSPS) is 23.4. The molecule has 1 heterocycles. The van der Waals surface area contributed by atoms with Gasteiger partial charge >= 0.3 is 0 Å². The number of aliphatic imine (C=N–C) groups is 1. The summed E-state index contributed by atoms with van der Waals surface area (Å²) in [6.07, 6.45) is 4.77. The lowest BCUT2D eigenvalue weighted by molar-refractivity contribution is -0.127. The summed E-state index contributed by atoms with van der Waals surface area (Å²) in [5.74, 6) is 0.495. The second-order valence-electron chi connectivity index (χ2n) is 7.90. The first-order valence-electron chi connectivity index (χ1n) is 10.1. The van der Waals surface area contributed by atoms with Gasteiger partial charge in [-0.05, 0) is 42.0 Å². The number of aliphatic hydroxyl groups is 1. The van der Waals surface area contributed by atoms with E-state index in [0.29, 0.717) is 17.4 Å². The van der Waals surface area contributed by atoms with Crippen molar-refractivity contribution in [2.75, 3.05) is 19.7 Å². The van der Waals surface area contributed by atoms with Gasteiger partial charge < -0.3 is 15.3 Å². The molecular formula is C23H26ClN3O2. The third-order valence-electron chi connectivity index (χ3n) is 5.68. The molecule has 2 aromatic rings. The Balaban J connectivity index is 1.75. The van der Waals surface area contributed by atoms with E-state index >= 15 is 0 Å². The molecule has 2 N–H and O–H groups in total. The van der Waals surface area contributed by atoms with Crippen LogP contribution in [0.5, 0.6) is 0 Å².